The topological polar surface area (TPSA) is 41.1 Å². The lowest BCUT2D eigenvalue weighted by molar-refractivity contribution is -0.113. The molecule has 1 aliphatic heterocycles. The molecule has 21 heavy (non-hydrogen) atoms. The molecule has 6 heteroatoms. The van der Waals surface area contributed by atoms with Gasteiger partial charge in [-0.05, 0) is 24.3 Å². The van der Waals surface area contributed by atoms with E-state index in [2.05, 4.69) is 10.6 Å². The second-order valence-corrected chi connectivity index (χ2v) is 5.63. The van der Waals surface area contributed by atoms with Crippen molar-refractivity contribution in [1.82, 2.24) is 0 Å². The second-order valence-electron chi connectivity index (χ2n) is 4.61. The fourth-order valence-electron chi connectivity index (χ4n) is 2.08. The Bertz CT molecular complexity index is 706. The standard InChI is InChI=1S/C15H12F2N2OS/c16-11-3-1-2-9(15(11)17)7-18-10-4-5-13-12(6-10)19-14(20)8-21-13/h1-6,18H,7-8H2,(H,19,20). The van der Waals surface area contributed by atoms with Crippen molar-refractivity contribution in [2.24, 2.45) is 0 Å². The number of benzene rings is 2. The zero-order valence-electron chi connectivity index (χ0n) is 11.0. The largest absolute Gasteiger partial charge is 0.381 e. The highest BCUT2D eigenvalue weighted by Crippen LogP contribution is 2.33. The van der Waals surface area contributed by atoms with Crippen molar-refractivity contribution in [1.29, 1.82) is 0 Å². The SMILES string of the molecule is O=C1CSc2ccc(NCc3cccc(F)c3F)cc2N1. The van der Waals surface area contributed by atoms with Crippen LogP contribution in [0.1, 0.15) is 5.56 Å². The first kappa shape index (κ1) is 13.9. The number of carbonyl (C=O) groups excluding carboxylic acids is 1. The Hall–Kier alpha value is -2.08. The Kier molecular flexibility index (Phi) is 3.79. The van der Waals surface area contributed by atoms with E-state index < -0.39 is 11.6 Å². The molecular formula is C15H12F2N2OS. The van der Waals surface area contributed by atoms with Crippen LogP contribution in [-0.4, -0.2) is 11.7 Å². The van der Waals surface area contributed by atoms with Gasteiger partial charge in [0, 0.05) is 22.7 Å². The maximum Gasteiger partial charge on any atom is 0.234 e. The molecule has 0 unspecified atom stereocenters. The number of thioether (sulfide) groups is 1. The van der Waals surface area contributed by atoms with Gasteiger partial charge in [0.1, 0.15) is 0 Å². The molecule has 2 N–H and O–H groups in total. The number of nitrogens with one attached hydrogen (secondary N) is 2. The predicted octanol–water partition coefficient (Wildman–Crippen LogP) is 3.62. The molecule has 1 aliphatic rings. The minimum absolute atomic E-state index is 0.0409. The van der Waals surface area contributed by atoms with Crippen LogP contribution in [0.5, 0.6) is 0 Å². The molecule has 108 valence electrons. The van der Waals surface area contributed by atoms with Gasteiger partial charge in [0.15, 0.2) is 11.6 Å². The molecule has 3 rings (SSSR count). The van der Waals surface area contributed by atoms with Gasteiger partial charge in [-0.1, -0.05) is 12.1 Å². The van der Waals surface area contributed by atoms with E-state index in [1.165, 1.54) is 23.9 Å². The van der Waals surface area contributed by atoms with E-state index in [1.807, 2.05) is 12.1 Å². The summed E-state index contributed by atoms with van der Waals surface area (Å²) < 4.78 is 26.7. The van der Waals surface area contributed by atoms with Crippen LogP contribution in [0.25, 0.3) is 0 Å². The van der Waals surface area contributed by atoms with Gasteiger partial charge in [0.2, 0.25) is 5.91 Å². The summed E-state index contributed by atoms with van der Waals surface area (Å²) in [5.41, 5.74) is 1.73. The zero-order valence-corrected chi connectivity index (χ0v) is 11.8. The van der Waals surface area contributed by atoms with E-state index >= 15 is 0 Å². The molecule has 0 bridgehead atoms. The number of anilines is 2. The fourth-order valence-corrected chi connectivity index (χ4v) is 2.86. The van der Waals surface area contributed by atoms with E-state index in [0.29, 0.717) is 5.75 Å². The highest BCUT2D eigenvalue weighted by atomic mass is 32.2. The normalized spacial score (nSPS) is 13.5. The number of hydrogen-bond donors (Lipinski definition) is 2. The summed E-state index contributed by atoms with van der Waals surface area (Å²) in [5, 5.41) is 5.81. The first-order chi connectivity index (χ1) is 10.1. The smallest absolute Gasteiger partial charge is 0.234 e. The molecule has 0 saturated carbocycles. The number of rotatable bonds is 3. The van der Waals surface area contributed by atoms with Crippen molar-refractivity contribution >= 4 is 29.0 Å². The van der Waals surface area contributed by atoms with Crippen molar-refractivity contribution < 1.29 is 13.6 Å². The van der Waals surface area contributed by atoms with Gasteiger partial charge in [-0.2, -0.15) is 0 Å². The van der Waals surface area contributed by atoms with Gasteiger partial charge >= 0.3 is 0 Å². The van der Waals surface area contributed by atoms with Gasteiger partial charge in [0.25, 0.3) is 0 Å². The van der Waals surface area contributed by atoms with Gasteiger partial charge < -0.3 is 10.6 Å². The average molecular weight is 306 g/mol. The summed E-state index contributed by atoms with van der Waals surface area (Å²) >= 11 is 1.47. The van der Waals surface area contributed by atoms with Crippen LogP contribution in [0.4, 0.5) is 20.2 Å². The molecule has 2 aromatic carbocycles. The lowest BCUT2D eigenvalue weighted by Crippen LogP contribution is -2.18. The van der Waals surface area contributed by atoms with E-state index in [1.54, 1.807) is 6.07 Å². The summed E-state index contributed by atoms with van der Waals surface area (Å²) in [7, 11) is 0. The molecule has 0 spiro atoms. The first-order valence-electron chi connectivity index (χ1n) is 6.37. The molecule has 1 amide bonds. The van der Waals surface area contributed by atoms with Crippen LogP contribution in [0.2, 0.25) is 0 Å². The zero-order chi connectivity index (χ0) is 14.8. The van der Waals surface area contributed by atoms with Gasteiger partial charge in [-0.3, -0.25) is 4.79 Å². The van der Waals surface area contributed by atoms with Crippen LogP contribution in [-0.2, 0) is 11.3 Å². The van der Waals surface area contributed by atoms with Crippen molar-refractivity contribution in [2.45, 2.75) is 11.4 Å². The molecule has 0 fully saturated rings. The van der Waals surface area contributed by atoms with Crippen LogP contribution in [0, 0.1) is 11.6 Å². The highest BCUT2D eigenvalue weighted by molar-refractivity contribution is 8.00. The molecule has 0 saturated heterocycles. The number of fused-ring (bicyclic) bond motifs is 1. The third-order valence-electron chi connectivity index (χ3n) is 3.13. The van der Waals surface area contributed by atoms with E-state index in [-0.39, 0.29) is 18.0 Å². The maximum atomic E-state index is 13.6. The van der Waals surface area contributed by atoms with Gasteiger partial charge in [-0.15, -0.1) is 11.8 Å². The van der Waals surface area contributed by atoms with Crippen molar-refractivity contribution in [3.8, 4) is 0 Å². The highest BCUT2D eigenvalue weighted by Gasteiger charge is 2.15. The van der Waals surface area contributed by atoms with Crippen LogP contribution < -0.4 is 10.6 Å². The number of hydrogen-bond acceptors (Lipinski definition) is 3. The van der Waals surface area contributed by atoms with Crippen molar-refractivity contribution in [3.05, 3.63) is 53.6 Å². The van der Waals surface area contributed by atoms with Crippen LogP contribution in [0.15, 0.2) is 41.3 Å². The Morgan fingerprint density at radius 3 is 2.95 bits per heavy atom. The Labute approximate surface area is 124 Å². The summed E-state index contributed by atoms with van der Waals surface area (Å²) in [6, 6.07) is 9.62. The maximum absolute atomic E-state index is 13.6. The van der Waals surface area contributed by atoms with Crippen molar-refractivity contribution in [2.75, 3.05) is 16.4 Å². The Balaban J connectivity index is 1.75. The minimum atomic E-state index is -0.858. The quantitative estimate of drug-likeness (QED) is 0.910. The second kappa shape index (κ2) is 5.73. The third kappa shape index (κ3) is 3.00. The lowest BCUT2D eigenvalue weighted by atomic mass is 10.2. The van der Waals surface area contributed by atoms with Gasteiger partial charge in [0.05, 0.1) is 11.4 Å². The Morgan fingerprint density at radius 2 is 2.10 bits per heavy atom. The summed E-state index contributed by atoms with van der Waals surface area (Å²) in [5.74, 6) is -1.33. The van der Waals surface area contributed by atoms with Crippen LogP contribution >= 0.6 is 11.8 Å². The first-order valence-corrected chi connectivity index (χ1v) is 7.35. The minimum Gasteiger partial charge on any atom is -0.381 e. The molecule has 3 nitrogen and oxygen atoms in total. The average Bonchev–Trinajstić information content (AvgIpc) is 2.48. The summed E-state index contributed by atoms with van der Waals surface area (Å²) in [6.07, 6.45) is 0. The molecule has 0 radical (unpaired) electrons. The fraction of sp³-hybridized carbons (Fsp3) is 0.133. The van der Waals surface area contributed by atoms with E-state index in [4.69, 9.17) is 0 Å². The molecule has 0 aliphatic carbocycles. The Morgan fingerprint density at radius 1 is 1.24 bits per heavy atom. The summed E-state index contributed by atoms with van der Waals surface area (Å²) in [4.78, 5) is 12.4. The third-order valence-corrected chi connectivity index (χ3v) is 4.20. The van der Waals surface area contributed by atoms with E-state index in [0.717, 1.165) is 22.3 Å². The number of amides is 1. The van der Waals surface area contributed by atoms with Crippen LogP contribution in [0.3, 0.4) is 0 Å². The number of halogens is 2. The molecule has 2 aromatic rings. The van der Waals surface area contributed by atoms with Crippen molar-refractivity contribution in [3.63, 3.8) is 0 Å². The molecule has 0 atom stereocenters. The predicted molar refractivity (Wildman–Crippen MR) is 79.5 cm³/mol. The number of carbonyl (C=O) groups is 1. The van der Waals surface area contributed by atoms with Gasteiger partial charge in [-0.25, -0.2) is 8.78 Å². The monoisotopic (exact) mass is 306 g/mol. The lowest BCUT2D eigenvalue weighted by Gasteiger charge is -2.17. The molecule has 1 heterocycles. The van der Waals surface area contributed by atoms with E-state index in [9.17, 15) is 13.6 Å². The molecule has 0 aromatic heterocycles. The summed E-state index contributed by atoms with van der Waals surface area (Å²) in [6.45, 7) is 0.170. The molecular weight excluding hydrogens is 294 g/mol.